The summed E-state index contributed by atoms with van der Waals surface area (Å²) in [7, 11) is 1.48. The number of esters is 1. The molecule has 5 nitrogen and oxygen atoms in total. The molecule has 150 valence electrons. The van der Waals surface area contributed by atoms with E-state index in [1.54, 1.807) is 49.4 Å². The molecule has 0 heterocycles. The predicted octanol–water partition coefficient (Wildman–Crippen LogP) is 4.23. The molecular formula is C21H22F2O5. The van der Waals surface area contributed by atoms with Crippen molar-refractivity contribution in [3.8, 4) is 5.75 Å². The van der Waals surface area contributed by atoms with Crippen LogP contribution in [0.3, 0.4) is 0 Å². The molecule has 7 heteroatoms. The van der Waals surface area contributed by atoms with Crippen LogP contribution >= 0.6 is 0 Å². The Kier molecular flexibility index (Phi) is 7.95. The van der Waals surface area contributed by atoms with Gasteiger partial charge in [-0.3, -0.25) is 4.79 Å². The molecule has 2 aromatic rings. The second kappa shape index (κ2) is 10.4. The van der Waals surface area contributed by atoms with E-state index in [9.17, 15) is 18.7 Å². The zero-order valence-electron chi connectivity index (χ0n) is 15.6. The van der Waals surface area contributed by atoms with Crippen LogP contribution in [0.5, 0.6) is 5.75 Å². The number of aliphatic hydroxyl groups excluding tert-OH is 1. The van der Waals surface area contributed by atoms with Crippen molar-refractivity contribution < 1.29 is 32.9 Å². The van der Waals surface area contributed by atoms with Gasteiger partial charge in [-0.2, -0.15) is 8.78 Å². The number of ether oxygens (including phenoxy) is 3. The van der Waals surface area contributed by atoms with E-state index >= 15 is 0 Å². The Morgan fingerprint density at radius 3 is 2.21 bits per heavy atom. The topological polar surface area (TPSA) is 65.0 Å². The van der Waals surface area contributed by atoms with Crippen LogP contribution in [-0.2, 0) is 20.9 Å². The summed E-state index contributed by atoms with van der Waals surface area (Å²) in [4.78, 5) is 12.4. The first kappa shape index (κ1) is 21.4. The first-order valence-electron chi connectivity index (χ1n) is 8.68. The third-order valence-electron chi connectivity index (χ3n) is 4.02. The summed E-state index contributed by atoms with van der Waals surface area (Å²) in [5.74, 6) is -3.09. The number of methoxy groups -OCH3 is 1. The smallest absolute Gasteiger partial charge is 0.319 e. The summed E-state index contributed by atoms with van der Waals surface area (Å²) in [6, 6.07) is 14.7. The Morgan fingerprint density at radius 2 is 1.68 bits per heavy atom. The van der Waals surface area contributed by atoms with Crippen molar-refractivity contribution in [3.63, 3.8) is 0 Å². The van der Waals surface area contributed by atoms with Gasteiger partial charge < -0.3 is 19.3 Å². The van der Waals surface area contributed by atoms with Crippen molar-refractivity contribution in [2.75, 3.05) is 13.7 Å². The normalized spacial score (nSPS) is 12.6. The van der Waals surface area contributed by atoms with Gasteiger partial charge in [-0.15, -0.1) is 0 Å². The summed E-state index contributed by atoms with van der Waals surface area (Å²) >= 11 is 0. The van der Waals surface area contributed by atoms with Gasteiger partial charge in [0.15, 0.2) is 5.76 Å². The molecular weight excluding hydrogens is 370 g/mol. The zero-order valence-corrected chi connectivity index (χ0v) is 15.6. The lowest BCUT2D eigenvalue weighted by Crippen LogP contribution is -2.28. The molecule has 1 N–H and O–H groups in total. The summed E-state index contributed by atoms with van der Waals surface area (Å²) in [6.45, 7) is 1.35. The number of rotatable bonds is 9. The maximum atomic E-state index is 13.7. The first-order chi connectivity index (χ1) is 13.5. The van der Waals surface area contributed by atoms with Crippen LogP contribution in [0.4, 0.5) is 8.78 Å². The van der Waals surface area contributed by atoms with E-state index in [0.717, 1.165) is 0 Å². The van der Waals surface area contributed by atoms with Crippen LogP contribution in [0.15, 0.2) is 66.4 Å². The molecule has 0 aliphatic rings. The highest BCUT2D eigenvalue weighted by Crippen LogP contribution is 2.34. The van der Waals surface area contributed by atoms with Crippen molar-refractivity contribution in [2.24, 2.45) is 5.92 Å². The van der Waals surface area contributed by atoms with E-state index in [4.69, 9.17) is 14.2 Å². The summed E-state index contributed by atoms with van der Waals surface area (Å²) in [6.07, 6.45) is -3.78. The van der Waals surface area contributed by atoms with Crippen molar-refractivity contribution in [1.29, 1.82) is 0 Å². The number of carbonyl (C=O) groups excluding carboxylic acids is 1. The Labute approximate surface area is 162 Å². The fraction of sp³-hybridized carbons (Fsp3) is 0.286. The van der Waals surface area contributed by atoms with Crippen LogP contribution in [0.25, 0.3) is 0 Å². The minimum atomic E-state index is -2.19. The largest absolute Gasteiger partial charge is 0.497 e. The quantitative estimate of drug-likeness (QED) is 0.511. The molecule has 0 fully saturated rings. The Bertz CT molecular complexity index is 786. The first-order valence-corrected chi connectivity index (χ1v) is 8.68. The monoisotopic (exact) mass is 392 g/mol. The lowest BCUT2D eigenvalue weighted by molar-refractivity contribution is -0.152. The van der Waals surface area contributed by atoms with Crippen LogP contribution in [-0.4, -0.2) is 24.8 Å². The molecule has 2 aromatic carbocycles. The van der Waals surface area contributed by atoms with Gasteiger partial charge in [0.1, 0.15) is 18.3 Å². The van der Waals surface area contributed by atoms with Gasteiger partial charge in [-0.05, 0) is 30.2 Å². The summed E-state index contributed by atoms with van der Waals surface area (Å²) in [5, 5.41) is 10.7. The van der Waals surface area contributed by atoms with Crippen LogP contribution in [0.1, 0.15) is 24.2 Å². The highest BCUT2D eigenvalue weighted by atomic mass is 19.3. The lowest BCUT2D eigenvalue weighted by atomic mass is 9.94. The fourth-order valence-electron chi connectivity index (χ4n) is 2.60. The van der Waals surface area contributed by atoms with E-state index in [1.807, 2.05) is 0 Å². The van der Waals surface area contributed by atoms with E-state index in [1.165, 1.54) is 19.2 Å². The van der Waals surface area contributed by atoms with Crippen molar-refractivity contribution in [1.82, 2.24) is 0 Å². The molecule has 0 saturated carbocycles. The van der Waals surface area contributed by atoms with Gasteiger partial charge in [0.2, 0.25) is 0 Å². The molecule has 0 amide bonds. The molecule has 0 saturated heterocycles. The standard InChI is InChI=1S/C21H22F2O5/c1-3-27-21(25)17(18(24)15-9-11-16(26-2)12-10-15)19(20(22)23)28-13-14-7-5-4-6-8-14/h4-12,17-18,24H,3,13H2,1-2H3/t17-,18-/m1/s1. The minimum Gasteiger partial charge on any atom is -0.497 e. The van der Waals surface area contributed by atoms with Gasteiger partial charge in [-0.1, -0.05) is 42.5 Å². The van der Waals surface area contributed by atoms with Gasteiger partial charge in [-0.25, -0.2) is 0 Å². The molecule has 28 heavy (non-hydrogen) atoms. The van der Waals surface area contributed by atoms with Crippen LogP contribution in [0.2, 0.25) is 0 Å². The highest BCUT2D eigenvalue weighted by molar-refractivity contribution is 5.76. The van der Waals surface area contributed by atoms with Crippen LogP contribution in [0, 0.1) is 5.92 Å². The Morgan fingerprint density at radius 1 is 1.04 bits per heavy atom. The number of hydrogen-bond donors (Lipinski definition) is 1. The molecule has 0 aliphatic carbocycles. The van der Waals surface area contributed by atoms with Gasteiger partial charge in [0.25, 0.3) is 0 Å². The minimum absolute atomic E-state index is 0.0233. The Balaban J connectivity index is 2.32. The van der Waals surface area contributed by atoms with Gasteiger partial charge in [0, 0.05) is 0 Å². The van der Waals surface area contributed by atoms with E-state index < -0.39 is 29.8 Å². The number of benzene rings is 2. The second-order valence-electron chi connectivity index (χ2n) is 5.85. The number of carbonyl (C=O) groups is 1. The zero-order chi connectivity index (χ0) is 20.5. The molecule has 0 aliphatic heterocycles. The number of hydrogen-bond acceptors (Lipinski definition) is 5. The molecule has 2 rings (SSSR count). The van der Waals surface area contributed by atoms with E-state index in [-0.39, 0.29) is 18.8 Å². The average Bonchev–Trinajstić information content (AvgIpc) is 2.71. The molecule has 0 unspecified atom stereocenters. The predicted molar refractivity (Wildman–Crippen MR) is 98.5 cm³/mol. The van der Waals surface area contributed by atoms with Gasteiger partial charge >= 0.3 is 12.0 Å². The third kappa shape index (κ3) is 5.53. The number of halogens is 2. The average molecular weight is 392 g/mol. The third-order valence-corrected chi connectivity index (χ3v) is 4.02. The maximum absolute atomic E-state index is 13.7. The fourth-order valence-corrected chi connectivity index (χ4v) is 2.60. The lowest BCUT2D eigenvalue weighted by Gasteiger charge is -2.24. The van der Waals surface area contributed by atoms with Crippen molar-refractivity contribution in [3.05, 3.63) is 77.6 Å². The van der Waals surface area contributed by atoms with Crippen LogP contribution < -0.4 is 4.74 Å². The molecule has 0 aromatic heterocycles. The SMILES string of the molecule is CCOC(=O)[C@@H](C(OCc1ccccc1)=C(F)F)[C@H](O)c1ccc(OC)cc1. The van der Waals surface area contributed by atoms with Crippen molar-refractivity contribution in [2.45, 2.75) is 19.6 Å². The molecule has 2 atom stereocenters. The van der Waals surface area contributed by atoms with E-state index in [0.29, 0.717) is 11.3 Å². The second-order valence-corrected chi connectivity index (χ2v) is 5.85. The van der Waals surface area contributed by atoms with Gasteiger partial charge in [0.05, 0.1) is 19.8 Å². The summed E-state index contributed by atoms with van der Waals surface area (Å²) in [5.41, 5.74) is 0.892. The Hall–Kier alpha value is -2.93. The molecule has 0 spiro atoms. The van der Waals surface area contributed by atoms with E-state index in [2.05, 4.69) is 0 Å². The number of aliphatic hydroxyl groups is 1. The molecule has 0 radical (unpaired) electrons. The highest BCUT2D eigenvalue weighted by Gasteiger charge is 2.37. The summed E-state index contributed by atoms with van der Waals surface area (Å²) < 4.78 is 42.5. The van der Waals surface area contributed by atoms with Crippen molar-refractivity contribution >= 4 is 5.97 Å². The molecule has 0 bridgehead atoms. The maximum Gasteiger partial charge on any atom is 0.319 e.